The number of nitrogens with zero attached hydrogens (tertiary/aromatic N) is 1. The molecule has 1 N–H and O–H groups in total. The van der Waals surface area contributed by atoms with Gasteiger partial charge in [0.2, 0.25) is 5.91 Å². The van der Waals surface area contributed by atoms with Crippen LogP contribution in [0.1, 0.15) is 70.6 Å². The molecule has 3 atom stereocenters. The lowest BCUT2D eigenvalue weighted by atomic mass is 10.0. The van der Waals surface area contributed by atoms with Crippen molar-refractivity contribution >= 4 is 18.0 Å². The third-order valence-corrected chi connectivity index (χ3v) is 5.83. The zero-order valence-electron chi connectivity index (χ0n) is 21.4. The van der Waals surface area contributed by atoms with E-state index in [-0.39, 0.29) is 18.4 Å². The molecule has 35 heavy (non-hydrogen) atoms. The van der Waals surface area contributed by atoms with E-state index < -0.39 is 35.8 Å². The van der Waals surface area contributed by atoms with Crippen LogP contribution in [0, 0.1) is 12.8 Å². The normalized spacial score (nSPS) is 18.9. The minimum absolute atomic E-state index is 0.118. The van der Waals surface area contributed by atoms with Crippen LogP contribution < -0.4 is 5.32 Å². The maximum Gasteiger partial charge on any atom is 0.408 e. The van der Waals surface area contributed by atoms with Gasteiger partial charge >= 0.3 is 12.1 Å². The van der Waals surface area contributed by atoms with Gasteiger partial charge in [0.25, 0.3) is 0 Å². The van der Waals surface area contributed by atoms with Crippen molar-refractivity contribution in [2.45, 2.75) is 84.7 Å². The summed E-state index contributed by atoms with van der Waals surface area (Å²) in [5.41, 5.74) is 0.155. The van der Waals surface area contributed by atoms with Crippen LogP contribution in [0.3, 0.4) is 0 Å². The molecule has 2 aromatic rings. The van der Waals surface area contributed by atoms with Crippen LogP contribution in [0.25, 0.3) is 0 Å². The molecule has 1 aromatic carbocycles. The Balaban J connectivity index is 1.84. The number of ether oxygens (including phenoxy) is 2. The van der Waals surface area contributed by atoms with Crippen molar-refractivity contribution in [1.82, 2.24) is 10.2 Å². The number of nitrogens with one attached hydrogen (secondary N) is 1. The molecule has 8 heteroatoms. The molecule has 0 saturated carbocycles. The number of furan rings is 1. The molecule has 0 bridgehead atoms. The zero-order valence-corrected chi connectivity index (χ0v) is 21.4. The number of hydrogen-bond donors (Lipinski definition) is 1. The first-order chi connectivity index (χ1) is 16.5. The van der Waals surface area contributed by atoms with E-state index in [2.05, 4.69) is 5.32 Å². The van der Waals surface area contributed by atoms with Crippen LogP contribution in [-0.4, -0.2) is 40.6 Å². The van der Waals surface area contributed by atoms with Gasteiger partial charge in [-0.2, -0.15) is 0 Å². The van der Waals surface area contributed by atoms with Gasteiger partial charge in [-0.25, -0.2) is 9.59 Å². The Bertz CT molecular complexity index is 1020. The summed E-state index contributed by atoms with van der Waals surface area (Å²) in [5, 5.41) is 2.71. The lowest BCUT2D eigenvalue weighted by Gasteiger charge is -2.33. The van der Waals surface area contributed by atoms with Crippen LogP contribution in [0.15, 0.2) is 46.9 Å². The molecule has 1 aliphatic rings. The lowest BCUT2D eigenvalue weighted by molar-refractivity contribution is -0.157. The highest BCUT2D eigenvalue weighted by molar-refractivity contribution is 5.90. The smallest absolute Gasteiger partial charge is 0.408 e. The molecular weight excluding hydrogens is 448 g/mol. The van der Waals surface area contributed by atoms with Gasteiger partial charge in [0, 0.05) is 0 Å². The number of amides is 2. The van der Waals surface area contributed by atoms with Crippen LogP contribution in [0.5, 0.6) is 0 Å². The standard InChI is InChI=1S/C27H36N2O6/c1-17(2)23(28-26(32)35-27(4,5)6)24(30)29-20(22-15-12-18(3)34-22)13-14-21(29)25(31)33-16-19-10-8-7-9-11-19/h7-12,15,17,20-21,23H,13-14,16H2,1-6H3,(H,28,32)/t20-,21-,23-/m0/s1. The number of aryl methyl sites for hydroxylation is 1. The molecule has 0 unspecified atom stereocenters. The van der Waals surface area contributed by atoms with E-state index in [1.165, 1.54) is 4.90 Å². The highest BCUT2D eigenvalue weighted by atomic mass is 16.6. The average Bonchev–Trinajstić information content (AvgIpc) is 3.41. The van der Waals surface area contributed by atoms with Crippen molar-refractivity contribution in [1.29, 1.82) is 0 Å². The third-order valence-electron chi connectivity index (χ3n) is 5.83. The van der Waals surface area contributed by atoms with Crippen molar-refractivity contribution in [2.75, 3.05) is 0 Å². The van der Waals surface area contributed by atoms with Gasteiger partial charge in [-0.05, 0) is 64.2 Å². The first-order valence-electron chi connectivity index (χ1n) is 12.0. The lowest BCUT2D eigenvalue weighted by Crippen LogP contribution is -2.55. The number of esters is 1. The van der Waals surface area contributed by atoms with Crippen molar-refractivity contribution in [3.63, 3.8) is 0 Å². The Morgan fingerprint density at radius 1 is 1.09 bits per heavy atom. The molecule has 1 saturated heterocycles. The number of carbonyl (C=O) groups is 3. The summed E-state index contributed by atoms with van der Waals surface area (Å²) in [6.45, 7) is 10.9. The van der Waals surface area contributed by atoms with Crippen LogP contribution in [0.2, 0.25) is 0 Å². The Morgan fingerprint density at radius 2 is 1.77 bits per heavy atom. The highest BCUT2D eigenvalue weighted by Crippen LogP contribution is 2.38. The van der Waals surface area contributed by atoms with E-state index in [1.807, 2.05) is 63.2 Å². The molecule has 3 rings (SSSR count). The minimum atomic E-state index is -0.883. The topological polar surface area (TPSA) is 98.1 Å². The SMILES string of the molecule is Cc1ccc([C@@H]2CC[C@@H](C(=O)OCc3ccccc3)N2C(=O)[C@@H](NC(=O)OC(C)(C)C)C(C)C)o1. The number of benzene rings is 1. The van der Waals surface area contributed by atoms with E-state index >= 15 is 0 Å². The van der Waals surface area contributed by atoms with Crippen LogP contribution in [-0.2, 0) is 25.7 Å². The van der Waals surface area contributed by atoms with Crippen LogP contribution >= 0.6 is 0 Å². The van der Waals surface area contributed by atoms with Gasteiger partial charge in [-0.15, -0.1) is 0 Å². The molecule has 2 heterocycles. The van der Waals surface area contributed by atoms with Gasteiger partial charge in [-0.1, -0.05) is 44.2 Å². The van der Waals surface area contributed by atoms with E-state index in [9.17, 15) is 14.4 Å². The summed E-state index contributed by atoms with van der Waals surface area (Å²) < 4.78 is 16.8. The molecule has 0 radical (unpaired) electrons. The molecule has 0 spiro atoms. The molecule has 190 valence electrons. The molecule has 2 amide bonds. The van der Waals surface area contributed by atoms with E-state index in [0.717, 1.165) is 11.3 Å². The van der Waals surface area contributed by atoms with Gasteiger partial charge in [0.1, 0.15) is 35.8 Å². The van der Waals surface area contributed by atoms with Crippen molar-refractivity contribution in [3.05, 3.63) is 59.5 Å². The summed E-state index contributed by atoms with van der Waals surface area (Å²) >= 11 is 0. The van der Waals surface area contributed by atoms with Gasteiger partial charge < -0.3 is 24.1 Å². The van der Waals surface area contributed by atoms with Crippen molar-refractivity contribution in [2.24, 2.45) is 5.92 Å². The van der Waals surface area contributed by atoms with E-state index in [4.69, 9.17) is 13.9 Å². The number of alkyl carbamates (subject to hydrolysis) is 1. The molecular formula is C27H36N2O6. The fourth-order valence-corrected chi connectivity index (χ4v) is 4.20. The fourth-order valence-electron chi connectivity index (χ4n) is 4.20. The molecule has 0 aliphatic carbocycles. The number of carbonyl (C=O) groups excluding carboxylic acids is 3. The molecule has 1 fully saturated rings. The monoisotopic (exact) mass is 484 g/mol. The Labute approximate surface area is 207 Å². The summed E-state index contributed by atoms with van der Waals surface area (Å²) in [6.07, 6.45) is 0.291. The maximum atomic E-state index is 13.9. The number of hydrogen-bond acceptors (Lipinski definition) is 6. The van der Waals surface area contributed by atoms with E-state index in [1.54, 1.807) is 20.8 Å². The van der Waals surface area contributed by atoms with Crippen LogP contribution in [0.4, 0.5) is 4.79 Å². The largest absolute Gasteiger partial charge is 0.464 e. The quantitative estimate of drug-likeness (QED) is 0.561. The minimum Gasteiger partial charge on any atom is -0.464 e. The van der Waals surface area contributed by atoms with Crippen molar-refractivity contribution in [3.8, 4) is 0 Å². The second kappa shape index (κ2) is 11.0. The Hall–Kier alpha value is -3.29. The van der Waals surface area contributed by atoms with E-state index in [0.29, 0.717) is 18.6 Å². The summed E-state index contributed by atoms with van der Waals surface area (Å²) in [6, 6.07) is 10.9. The summed E-state index contributed by atoms with van der Waals surface area (Å²) in [7, 11) is 0. The third kappa shape index (κ3) is 6.87. The zero-order chi connectivity index (χ0) is 25.8. The summed E-state index contributed by atoms with van der Waals surface area (Å²) in [4.78, 5) is 41.1. The van der Waals surface area contributed by atoms with Gasteiger partial charge in [-0.3, -0.25) is 4.79 Å². The predicted molar refractivity (Wildman–Crippen MR) is 130 cm³/mol. The van der Waals surface area contributed by atoms with Gasteiger partial charge in [0.15, 0.2) is 0 Å². The van der Waals surface area contributed by atoms with Crippen molar-refractivity contribution < 1.29 is 28.3 Å². The fraction of sp³-hybridized carbons (Fsp3) is 0.519. The average molecular weight is 485 g/mol. The molecule has 8 nitrogen and oxygen atoms in total. The highest BCUT2D eigenvalue weighted by Gasteiger charge is 2.46. The Morgan fingerprint density at radius 3 is 2.34 bits per heavy atom. The molecule has 1 aromatic heterocycles. The Kier molecular flexibility index (Phi) is 8.25. The van der Waals surface area contributed by atoms with Gasteiger partial charge in [0.05, 0.1) is 6.04 Å². The second-order valence-electron chi connectivity index (χ2n) is 10.3. The first-order valence-corrected chi connectivity index (χ1v) is 12.0. The number of rotatable bonds is 7. The number of likely N-dealkylation sites (tertiary alicyclic amines) is 1. The summed E-state index contributed by atoms with van der Waals surface area (Å²) in [5.74, 6) is 0.233. The maximum absolute atomic E-state index is 13.9. The first kappa shape index (κ1) is 26.3. The predicted octanol–water partition coefficient (Wildman–Crippen LogP) is 4.91. The second-order valence-corrected chi connectivity index (χ2v) is 10.3. The molecule has 1 aliphatic heterocycles.